The summed E-state index contributed by atoms with van der Waals surface area (Å²) in [6, 6.07) is 20.2. The number of carbonyl (C=O) groups excluding carboxylic acids is 1. The number of methoxy groups -OCH3 is 1. The second kappa shape index (κ2) is 9.68. The van der Waals surface area contributed by atoms with Gasteiger partial charge in [0.2, 0.25) is 0 Å². The Morgan fingerprint density at radius 3 is 2.56 bits per heavy atom. The summed E-state index contributed by atoms with van der Waals surface area (Å²) in [4.78, 5) is 16.4. The van der Waals surface area contributed by atoms with E-state index >= 15 is 0 Å². The highest BCUT2D eigenvalue weighted by Crippen LogP contribution is 2.29. The molecule has 4 rings (SSSR count). The topological polar surface area (TPSA) is 94.6 Å². The maximum atomic E-state index is 13.2. The summed E-state index contributed by atoms with van der Waals surface area (Å²) in [5.41, 5.74) is 4.89. The number of aromatic amines is 1. The number of ether oxygens (including phenoxy) is 1. The molecule has 1 atom stereocenters. The molecule has 6 heteroatoms. The van der Waals surface area contributed by atoms with E-state index in [9.17, 15) is 15.0 Å². The van der Waals surface area contributed by atoms with Crippen LogP contribution in [-0.2, 0) is 13.0 Å². The molecule has 0 aliphatic rings. The zero-order valence-electron chi connectivity index (χ0n) is 17.8. The van der Waals surface area contributed by atoms with Gasteiger partial charge in [0.25, 0.3) is 5.91 Å². The fourth-order valence-corrected chi connectivity index (χ4v) is 3.87. The van der Waals surface area contributed by atoms with E-state index in [0.29, 0.717) is 17.7 Å². The molecule has 1 aromatic heterocycles. The number of benzene rings is 3. The molecule has 0 aliphatic carbocycles. The maximum absolute atomic E-state index is 13.2. The Kier molecular flexibility index (Phi) is 6.54. The van der Waals surface area contributed by atoms with Gasteiger partial charge in [-0.2, -0.15) is 0 Å². The lowest BCUT2D eigenvalue weighted by atomic mass is 9.97. The van der Waals surface area contributed by atoms with Crippen LogP contribution in [0.3, 0.4) is 0 Å². The molecule has 0 fully saturated rings. The van der Waals surface area contributed by atoms with Crippen LogP contribution < -0.4 is 10.1 Å². The monoisotopic (exact) mass is 430 g/mol. The standard InChI is InChI=1S/C26H26N2O4/c1-32-21-10-11-23(24(13-21)18-8-6-17(15-29)7-9-18)26(31)28-20(16-30)12-19-14-27-25-5-3-2-4-22(19)25/h2-11,13-14,20,27,29-30H,12,15-16H2,1H3,(H,28,31)/t20-/m1/s1. The Morgan fingerprint density at radius 2 is 1.84 bits per heavy atom. The quantitative estimate of drug-likeness (QED) is 0.343. The van der Waals surface area contributed by atoms with Gasteiger partial charge >= 0.3 is 0 Å². The molecule has 3 aromatic carbocycles. The molecular formula is C26H26N2O4. The van der Waals surface area contributed by atoms with Gasteiger partial charge in [-0.1, -0.05) is 42.5 Å². The lowest BCUT2D eigenvalue weighted by molar-refractivity contribution is 0.0917. The highest BCUT2D eigenvalue weighted by atomic mass is 16.5. The number of aliphatic hydroxyl groups excluding tert-OH is 2. The van der Waals surface area contributed by atoms with Crippen LogP contribution in [0.25, 0.3) is 22.0 Å². The maximum Gasteiger partial charge on any atom is 0.252 e. The van der Waals surface area contributed by atoms with Crippen LogP contribution in [0.1, 0.15) is 21.5 Å². The van der Waals surface area contributed by atoms with Gasteiger partial charge < -0.3 is 25.3 Å². The first-order chi connectivity index (χ1) is 15.6. The summed E-state index contributed by atoms with van der Waals surface area (Å²) in [7, 11) is 1.58. The van der Waals surface area contributed by atoms with Crippen molar-refractivity contribution in [1.82, 2.24) is 10.3 Å². The van der Waals surface area contributed by atoms with Crippen molar-refractivity contribution in [1.29, 1.82) is 0 Å². The van der Waals surface area contributed by atoms with Crippen molar-refractivity contribution in [3.05, 3.63) is 89.6 Å². The molecule has 4 aromatic rings. The number of hydrogen-bond acceptors (Lipinski definition) is 4. The minimum Gasteiger partial charge on any atom is -0.497 e. The van der Waals surface area contributed by atoms with Crippen LogP contribution in [0.4, 0.5) is 0 Å². The van der Waals surface area contributed by atoms with Gasteiger partial charge in [0.1, 0.15) is 5.75 Å². The van der Waals surface area contributed by atoms with Crippen molar-refractivity contribution >= 4 is 16.8 Å². The van der Waals surface area contributed by atoms with Crippen LogP contribution >= 0.6 is 0 Å². The lowest BCUT2D eigenvalue weighted by Crippen LogP contribution is -2.39. The predicted octanol–water partition coefficient (Wildman–Crippen LogP) is 3.67. The summed E-state index contributed by atoms with van der Waals surface area (Å²) in [5, 5.41) is 23.3. The number of nitrogens with one attached hydrogen (secondary N) is 2. The Morgan fingerprint density at radius 1 is 1.06 bits per heavy atom. The van der Waals surface area contributed by atoms with E-state index in [4.69, 9.17) is 4.74 Å². The smallest absolute Gasteiger partial charge is 0.252 e. The Hall–Kier alpha value is -3.61. The summed E-state index contributed by atoms with van der Waals surface area (Å²) >= 11 is 0. The first kappa shape index (κ1) is 21.6. The number of fused-ring (bicyclic) bond motifs is 1. The summed E-state index contributed by atoms with van der Waals surface area (Å²) in [6.45, 7) is -0.223. The Labute approximate surface area is 186 Å². The van der Waals surface area contributed by atoms with Gasteiger partial charge in [0, 0.05) is 22.7 Å². The van der Waals surface area contributed by atoms with E-state index in [1.807, 2.05) is 60.8 Å². The fourth-order valence-electron chi connectivity index (χ4n) is 3.87. The van der Waals surface area contributed by atoms with Gasteiger partial charge in [-0.25, -0.2) is 0 Å². The van der Waals surface area contributed by atoms with Gasteiger partial charge in [0.15, 0.2) is 0 Å². The molecule has 0 bridgehead atoms. The number of carbonyl (C=O) groups is 1. The first-order valence-corrected chi connectivity index (χ1v) is 10.5. The molecule has 4 N–H and O–H groups in total. The van der Waals surface area contributed by atoms with E-state index in [1.54, 1.807) is 19.2 Å². The van der Waals surface area contributed by atoms with Crippen LogP contribution in [0.5, 0.6) is 5.75 Å². The third-order valence-corrected chi connectivity index (χ3v) is 5.62. The minimum absolute atomic E-state index is 0.0439. The Bertz CT molecular complexity index is 1210. The zero-order valence-corrected chi connectivity index (χ0v) is 17.8. The van der Waals surface area contributed by atoms with E-state index in [2.05, 4.69) is 10.3 Å². The molecule has 32 heavy (non-hydrogen) atoms. The molecule has 1 heterocycles. The number of rotatable bonds is 8. The van der Waals surface area contributed by atoms with Gasteiger partial charge in [-0.15, -0.1) is 0 Å². The molecule has 1 amide bonds. The van der Waals surface area contributed by atoms with Crippen molar-refractivity contribution in [2.75, 3.05) is 13.7 Å². The molecule has 0 radical (unpaired) electrons. The molecular weight excluding hydrogens is 404 g/mol. The van der Waals surface area contributed by atoms with E-state index in [1.165, 1.54) is 0 Å². The number of aliphatic hydroxyl groups is 2. The van der Waals surface area contributed by atoms with Crippen LogP contribution in [0.2, 0.25) is 0 Å². The summed E-state index contributed by atoms with van der Waals surface area (Å²) in [5.74, 6) is 0.369. The van der Waals surface area contributed by atoms with Gasteiger partial charge in [-0.3, -0.25) is 4.79 Å². The van der Waals surface area contributed by atoms with Crippen molar-refractivity contribution in [3.63, 3.8) is 0 Å². The van der Waals surface area contributed by atoms with Crippen molar-refractivity contribution in [3.8, 4) is 16.9 Å². The molecule has 0 aliphatic heterocycles. The average molecular weight is 431 g/mol. The van der Waals surface area contributed by atoms with E-state index in [0.717, 1.165) is 33.2 Å². The summed E-state index contributed by atoms with van der Waals surface area (Å²) < 4.78 is 5.35. The SMILES string of the molecule is COc1ccc(C(=O)N[C@@H](CO)Cc2c[nH]c3ccccc23)c(-c2ccc(CO)cc2)c1. The third-order valence-electron chi connectivity index (χ3n) is 5.62. The summed E-state index contributed by atoms with van der Waals surface area (Å²) in [6.07, 6.45) is 2.42. The second-order valence-electron chi connectivity index (χ2n) is 7.68. The zero-order chi connectivity index (χ0) is 22.5. The number of H-pyrrole nitrogens is 1. The second-order valence-corrected chi connectivity index (χ2v) is 7.68. The Balaban J connectivity index is 1.60. The molecule has 0 saturated carbocycles. The van der Waals surface area contributed by atoms with Crippen LogP contribution in [0.15, 0.2) is 72.9 Å². The lowest BCUT2D eigenvalue weighted by Gasteiger charge is -2.18. The molecule has 6 nitrogen and oxygen atoms in total. The average Bonchev–Trinajstić information content (AvgIpc) is 3.26. The highest BCUT2D eigenvalue weighted by Gasteiger charge is 2.19. The van der Waals surface area contributed by atoms with Crippen molar-refractivity contribution in [2.45, 2.75) is 19.1 Å². The fraction of sp³-hybridized carbons (Fsp3) is 0.192. The largest absolute Gasteiger partial charge is 0.497 e. The van der Waals surface area contributed by atoms with Crippen LogP contribution in [-0.4, -0.2) is 40.9 Å². The van der Waals surface area contributed by atoms with Gasteiger partial charge in [-0.05, 0) is 52.9 Å². The third kappa shape index (κ3) is 4.51. The number of hydrogen-bond donors (Lipinski definition) is 4. The molecule has 164 valence electrons. The van der Waals surface area contributed by atoms with Crippen LogP contribution in [0, 0.1) is 0 Å². The molecule has 0 saturated heterocycles. The van der Waals surface area contributed by atoms with Gasteiger partial charge in [0.05, 0.1) is 26.4 Å². The van der Waals surface area contributed by atoms with Crippen molar-refractivity contribution < 1.29 is 19.7 Å². The number of para-hydroxylation sites is 1. The number of aromatic nitrogens is 1. The predicted molar refractivity (Wildman–Crippen MR) is 125 cm³/mol. The van der Waals surface area contributed by atoms with E-state index < -0.39 is 6.04 Å². The number of amides is 1. The van der Waals surface area contributed by atoms with E-state index in [-0.39, 0.29) is 19.1 Å². The van der Waals surface area contributed by atoms with Crippen molar-refractivity contribution in [2.24, 2.45) is 0 Å². The minimum atomic E-state index is -0.437. The first-order valence-electron chi connectivity index (χ1n) is 10.5. The molecule has 0 spiro atoms. The highest BCUT2D eigenvalue weighted by molar-refractivity contribution is 6.01. The molecule has 0 unspecified atom stereocenters. The normalized spacial score (nSPS) is 12.0.